The number of aryl methyl sites for hydroxylation is 1. The third-order valence-corrected chi connectivity index (χ3v) is 7.38. The number of hydrogen-bond donors (Lipinski definition) is 2. The summed E-state index contributed by atoms with van der Waals surface area (Å²) < 4.78 is 11.1. The predicted octanol–water partition coefficient (Wildman–Crippen LogP) is 4.51. The zero-order valence-corrected chi connectivity index (χ0v) is 21.5. The lowest BCUT2D eigenvalue weighted by molar-refractivity contribution is 0.322. The maximum absolute atomic E-state index is 5.65. The molecule has 2 aliphatic rings. The Labute approximate surface area is 204 Å². The summed E-state index contributed by atoms with van der Waals surface area (Å²) >= 11 is 0. The quantitative estimate of drug-likeness (QED) is 0.562. The second-order valence-electron chi connectivity index (χ2n) is 9.98. The summed E-state index contributed by atoms with van der Waals surface area (Å²) in [5, 5.41) is 7.32. The minimum absolute atomic E-state index is 0.456. The van der Waals surface area contributed by atoms with Gasteiger partial charge < -0.3 is 25.0 Å². The Bertz CT molecular complexity index is 970. The maximum Gasteiger partial charge on any atom is 0.225 e. The lowest BCUT2D eigenvalue weighted by Gasteiger charge is -2.30. The molecule has 0 amide bonds. The summed E-state index contributed by atoms with van der Waals surface area (Å²) in [4.78, 5) is 11.9. The molecule has 2 aliphatic carbocycles. The number of methoxy groups -OCH3 is 2. The Morgan fingerprint density at radius 2 is 1.76 bits per heavy atom. The number of rotatable bonds is 9. The average molecular weight is 468 g/mol. The van der Waals surface area contributed by atoms with E-state index >= 15 is 0 Å². The minimum atomic E-state index is 0.456. The predicted molar refractivity (Wildman–Crippen MR) is 138 cm³/mol. The molecule has 7 heteroatoms. The van der Waals surface area contributed by atoms with E-state index in [1.807, 2.05) is 13.0 Å². The fourth-order valence-corrected chi connectivity index (χ4v) is 5.49. The van der Waals surface area contributed by atoms with Crippen LogP contribution in [0.1, 0.15) is 60.9 Å². The highest BCUT2D eigenvalue weighted by molar-refractivity contribution is 5.53. The molecular formula is C27H41N5O2. The molecule has 0 radical (unpaired) electrons. The molecule has 0 aliphatic heterocycles. The standard InChI is InChI=1S/C27H41N5O2/c1-18-24(33-4)15-12-20(25(18)34-5)17-28-16-19-10-13-21(14-11-19)29-27-30-23-9-7-6-8-22(23)26(31-27)32(2)3/h12,15,19,21,28H,6-11,13-14,16-17H2,1-5H3,(H,29,30,31). The maximum atomic E-state index is 5.65. The van der Waals surface area contributed by atoms with Crippen molar-refractivity contribution >= 4 is 11.8 Å². The largest absolute Gasteiger partial charge is 0.496 e. The van der Waals surface area contributed by atoms with Crippen LogP contribution < -0.4 is 25.0 Å². The van der Waals surface area contributed by atoms with Crippen LogP contribution in [0.4, 0.5) is 11.8 Å². The Balaban J connectivity index is 1.28. The fraction of sp³-hybridized carbons (Fsp3) is 0.630. The van der Waals surface area contributed by atoms with E-state index in [1.54, 1.807) is 14.2 Å². The zero-order chi connectivity index (χ0) is 24.1. The number of ether oxygens (including phenoxy) is 2. The summed E-state index contributed by atoms with van der Waals surface area (Å²) in [7, 11) is 7.60. The van der Waals surface area contributed by atoms with Gasteiger partial charge in [-0.1, -0.05) is 6.07 Å². The molecule has 2 aromatic rings. The van der Waals surface area contributed by atoms with E-state index in [0.29, 0.717) is 12.0 Å². The van der Waals surface area contributed by atoms with Crippen molar-refractivity contribution in [2.24, 2.45) is 5.92 Å². The van der Waals surface area contributed by atoms with Gasteiger partial charge in [0.1, 0.15) is 17.3 Å². The molecule has 0 spiro atoms. The van der Waals surface area contributed by atoms with Crippen LogP contribution in [-0.2, 0) is 19.4 Å². The molecular weight excluding hydrogens is 426 g/mol. The van der Waals surface area contributed by atoms with Crippen LogP contribution in [0.3, 0.4) is 0 Å². The van der Waals surface area contributed by atoms with Gasteiger partial charge in [-0.15, -0.1) is 0 Å². The number of aromatic nitrogens is 2. The van der Waals surface area contributed by atoms with Crippen LogP contribution in [0.15, 0.2) is 12.1 Å². The highest BCUT2D eigenvalue weighted by Gasteiger charge is 2.24. The molecule has 4 rings (SSSR count). The van der Waals surface area contributed by atoms with Crippen LogP contribution in [0.25, 0.3) is 0 Å². The van der Waals surface area contributed by atoms with Gasteiger partial charge >= 0.3 is 0 Å². The molecule has 0 bridgehead atoms. The third-order valence-electron chi connectivity index (χ3n) is 7.38. The zero-order valence-electron chi connectivity index (χ0n) is 21.5. The first-order valence-corrected chi connectivity index (χ1v) is 12.7. The van der Waals surface area contributed by atoms with E-state index in [9.17, 15) is 0 Å². The number of anilines is 2. The number of nitrogens with zero attached hydrogens (tertiary/aromatic N) is 3. The Morgan fingerprint density at radius 3 is 2.47 bits per heavy atom. The minimum Gasteiger partial charge on any atom is -0.496 e. The van der Waals surface area contributed by atoms with Gasteiger partial charge in [-0.2, -0.15) is 4.98 Å². The van der Waals surface area contributed by atoms with Gasteiger partial charge in [-0.05, 0) is 76.8 Å². The molecule has 2 N–H and O–H groups in total. The van der Waals surface area contributed by atoms with Crippen molar-refractivity contribution in [1.29, 1.82) is 0 Å². The van der Waals surface area contributed by atoms with Crippen LogP contribution in [-0.4, -0.2) is 50.9 Å². The van der Waals surface area contributed by atoms with E-state index in [4.69, 9.17) is 19.4 Å². The van der Waals surface area contributed by atoms with Gasteiger partial charge in [-0.3, -0.25) is 0 Å². The molecule has 1 heterocycles. The first-order chi connectivity index (χ1) is 16.5. The average Bonchev–Trinajstić information content (AvgIpc) is 2.85. The van der Waals surface area contributed by atoms with Crippen molar-refractivity contribution < 1.29 is 9.47 Å². The summed E-state index contributed by atoms with van der Waals surface area (Å²) in [6.07, 6.45) is 9.41. The molecule has 34 heavy (non-hydrogen) atoms. The molecule has 186 valence electrons. The molecule has 1 aromatic carbocycles. The van der Waals surface area contributed by atoms with Crippen molar-refractivity contribution in [3.8, 4) is 11.5 Å². The second-order valence-corrected chi connectivity index (χ2v) is 9.98. The Morgan fingerprint density at radius 1 is 1.00 bits per heavy atom. The van der Waals surface area contributed by atoms with E-state index in [1.165, 1.54) is 42.5 Å². The molecule has 1 aromatic heterocycles. The third kappa shape index (κ3) is 5.57. The van der Waals surface area contributed by atoms with Crippen LogP contribution in [0.2, 0.25) is 0 Å². The topological polar surface area (TPSA) is 71.5 Å². The number of hydrogen-bond acceptors (Lipinski definition) is 7. The molecule has 7 nitrogen and oxygen atoms in total. The van der Waals surface area contributed by atoms with Crippen molar-refractivity contribution in [1.82, 2.24) is 15.3 Å². The van der Waals surface area contributed by atoms with Gasteiger partial charge in [0.25, 0.3) is 0 Å². The SMILES string of the molecule is COc1ccc(CNCC2CCC(Nc3nc4c(c(N(C)C)n3)CCCC4)CC2)c(OC)c1C. The lowest BCUT2D eigenvalue weighted by atomic mass is 9.86. The normalized spacial score (nSPS) is 19.9. The number of fused-ring (bicyclic) bond motifs is 1. The van der Waals surface area contributed by atoms with E-state index in [-0.39, 0.29) is 0 Å². The van der Waals surface area contributed by atoms with Crippen molar-refractivity contribution in [3.05, 3.63) is 34.5 Å². The summed E-state index contributed by atoms with van der Waals surface area (Å²) in [6.45, 7) is 3.88. The summed E-state index contributed by atoms with van der Waals surface area (Å²) in [5.41, 5.74) is 4.82. The molecule has 1 saturated carbocycles. The first kappa shape index (κ1) is 24.6. The molecule has 0 saturated heterocycles. The highest BCUT2D eigenvalue weighted by atomic mass is 16.5. The van der Waals surface area contributed by atoms with Gasteiger partial charge in [0.05, 0.1) is 19.9 Å². The number of benzene rings is 1. The van der Waals surface area contributed by atoms with Crippen molar-refractivity contribution in [2.45, 2.75) is 70.9 Å². The first-order valence-electron chi connectivity index (χ1n) is 12.7. The van der Waals surface area contributed by atoms with Gasteiger partial charge in [0, 0.05) is 43.4 Å². The van der Waals surface area contributed by atoms with Crippen molar-refractivity contribution in [3.63, 3.8) is 0 Å². The van der Waals surface area contributed by atoms with Gasteiger partial charge in [-0.25, -0.2) is 4.98 Å². The Hall–Kier alpha value is -2.54. The molecule has 0 unspecified atom stereocenters. The smallest absolute Gasteiger partial charge is 0.225 e. The van der Waals surface area contributed by atoms with E-state index in [2.05, 4.69) is 35.7 Å². The van der Waals surface area contributed by atoms with E-state index in [0.717, 1.165) is 67.6 Å². The molecule has 0 atom stereocenters. The van der Waals surface area contributed by atoms with E-state index < -0.39 is 0 Å². The van der Waals surface area contributed by atoms with Crippen molar-refractivity contribution in [2.75, 3.05) is 45.1 Å². The summed E-state index contributed by atoms with van der Waals surface area (Å²) in [5.74, 6) is 4.39. The highest BCUT2D eigenvalue weighted by Crippen LogP contribution is 2.32. The van der Waals surface area contributed by atoms with Gasteiger partial charge in [0.2, 0.25) is 5.95 Å². The monoisotopic (exact) mass is 467 g/mol. The summed E-state index contributed by atoms with van der Waals surface area (Å²) in [6, 6.07) is 4.58. The van der Waals surface area contributed by atoms with Crippen LogP contribution in [0.5, 0.6) is 11.5 Å². The second kappa shape index (κ2) is 11.3. The lowest BCUT2D eigenvalue weighted by Crippen LogP contribution is -2.32. The van der Waals surface area contributed by atoms with Crippen LogP contribution in [0, 0.1) is 12.8 Å². The van der Waals surface area contributed by atoms with Crippen LogP contribution >= 0.6 is 0 Å². The fourth-order valence-electron chi connectivity index (χ4n) is 5.49. The van der Waals surface area contributed by atoms with Gasteiger partial charge in [0.15, 0.2) is 0 Å². The Kier molecular flexibility index (Phi) is 8.14. The number of nitrogens with one attached hydrogen (secondary N) is 2. The molecule has 1 fully saturated rings.